The van der Waals surface area contributed by atoms with Gasteiger partial charge in [-0.3, -0.25) is 0 Å². The van der Waals surface area contributed by atoms with Gasteiger partial charge in [0, 0.05) is 17.1 Å². The molecule has 0 aliphatic heterocycles. The zero-order chi connectivity index (χ0) is 35.6. The molecule has 0 saturated heterocycles. The van der Waals surface area contributed by atoms with E-state index >= 15 is 0 Å². The Morgan fingerprint density at radius 3 is 1.11 bits per heavy atom. The van der Waals surface area contributed by atoms with E-state index in [1.54, 1.807) is 0 Å². The van der Waals surface area contributed by atoms with Crippen LogP contribution < -0.4 is 4.90 Å². The highest BCUT2D eigenvalue weighted by atomic mass is 15.1. The number of nitrogens with zero attached hydrogens (tertiary/aromatic N) is 1. The summed E-state index contributed by atoms with van der Waals surface area (Å²) >= 11 is 0. The Bertz CT molecular complexity index is 2810. The minimum Gasteiger partial charge on any atom is -0.310 e. The number of fused-ring (bicyclic) bond motifs is 5. The van der Waals surface area contributed by atoms with E-state index < -0.39 is 5.41 Å². The van der Waals surface area contributed by atoms with Crippen molar-refractivity contribution in [2.75, 3.05) is 4.90 Å². The van der Waals surface area contributed by atoms with E-state index in [2.05, 4.69) is 217 Å². The molecule has 1 aliphatic rings. The minimum absolute atomic E-state index is 0.572. The molecule has 11 rings (SSSR count). The van der Waals surface area contributed by atoms with Crippen LogP contribution in [0.1, 0.15) is 22.3 Å². The lowest BCUT2D eigenvalue weighted by atomic mass is 9.63. The van der Waals surface area contributed by atoms with Gasteiger partial charge in [0.25, 0.3) is 0 Å². The van der Waals surface area contributed by atoms with E-state index in [9.17, 15) is 0 Å². The van der Waals surface area contributed by atoms with E-state index in [1.807, 2.05) is 0 Å². The van der Waals surface area contributed by atoms with Crippen molar-refractivity contribution in [3.8, 4) is 22.3 Å². The van der Waals surface area contributed by atoms with Crippen LogP contribution >= 0.6 is 0 Å². The average Bonchev–Trinajstić information content (AvgIpc) is 3.35. The van der Waals surface area contributed by atoms with Crippen LogP contribution in [0.2, 0.25) is 0 Å². The molecule has 0 unspecified atom stereocenters. The first kappa shape index (κ1) is 30.6. The van der Waals surface area contributed by atoms with Crippen LogP contribution in [0.4, 0.5) is 17.1 Å². The fraction of sp³-hybridized carbons (Fsp3) is 0.0189. The van der Waals surface area contributed by atoms with Crippen LogP contribution in [0.5, 0.6) is 0 Å². The fourth-order valence-electron chi connectivity index (χ4n) is 9.43. The van der Waals surface area contributed by atoms with Crippen molar-refractivity contribution in [3.63, 3.8) is 0 Å². The van der Waals surface area contributed by atoms with Crippen molar-refractivity contribution in [1.29, 1.82) is 0 Å². The molecule has 10 aromatic rings. The summed E-state index contributed by atoms with van der Waals surface area (Å²) in [4.78, 5) is 2.36. The molecular weight excluding hydrogens is 651 g/mol. The molecule has 0 fully saturated rings. The lowest BCUT2D eigenvalue weighted by molar-refractivity contribution is 0.754. The summed E-state index contributed by atoms with van der Waals surface area (Å²) in [5.41, 5.74) is 13.1. The molecule has 0 bridgehead atoms. The van der Waals surface area contributed by atoms with Gasteiger partial charge in [-0.1, -0.05) is 164 Å². The predicted molar refractivity (Wildman–Crippen MR) is 228 cm³/mol. The van der Waals surface area contributed by atoms with E-state index in [1.165, 1.54) is 76.8 Å². The second kappa shape index (κ2) is 12.0. The van der Waals surface area contributed by atoms with Crippen LogP contribution in [-0.2, 0) is 5.41 Å². The van der Waals surface area contributed by atoms with Crippen LogP contribution in [0, 0.1) is 0 Å². The Labute approximate surface area is 315 Å². The SMILES string of the molecule is c1ccc(N(c2ccccc2)c2cc3ccc4cc(C5(c6ccccc6)c6ccccc6-c6ccccc6-c6ccccc65)cc5ccc(c2)c3c45)cc1. The third kappa shape index (κ3) is 4.45. The van der Waals surface area contributed by atoms with Gasteiger partial charge in [0.05, 0.1) is 5.41 Å². The maximum atomic E-state index is 2.48. The predicted octanol–water partition coefficient (Wildman–Crippen LogP) is 14.1. The third-order valence-electron chi connectivity index (χ3n) is 11.6. The van der Waals surface area contributed by atoms with Gasteiger partial charge in [0.1, 0.15) is 0 Å². The highest BCUT2D eigenvalue weighted by Gasteiger charge is 2.44. The summed E-state index contributed by atoms with van der Waals surface area (Å²) in [6.07, 6.45) is 0. The van der Waals surface area contributed by atoms with Gasteiger partial charge in [0.2, 0.25) is 0 Å². The van der Waals surface area contributed by atoms with Gasteiger partial charge in [-0.25, -0.2) is 0 Å². The highest BCUT2D eigenvalue weighted by Crippen LogP contribution is 2.56. The summed E-state index contributed by atoms with van der Waals surface area (Å²) in [5, 5.41) is 7.61. The maximum absolute atomic E-state index is 2.48. The molecule has 252 valence electrons. The molecule has 0 atom stereocenters. The van der Waals surface area contributed by atoms with E-state index in [-0.39, 0.29) is 0 Å². The first-order valence-corrected chi connectivity index (χ1v) is 18.8. The van der Waals surface area contributed by atoms with Gasteiger partial charge in [-0.05, 0) is 125 Å². The summed E-state index contributed by atoms with van der Waals surface area (Å²) in [5.74, 6) is 0. The second-order valence-corrected chi connectivity index (χ2v) is 14.5. The zero-order valence-corrected chi connectivity index (χ0v) is 29.7. The molecule has 0 radical (unpaired) electrons. The Hall–Kier alpha value is -6.96. The smallest absolute Gasteiger partial charge is 0.0713 e. The topological polar surface area (TPSA) is 3.24 Å². The summed E-state index contributed by atoms with van der Waals surface area (Å²) < 4.78 is 0. The molecule has 1 heteroatoms. The van der Waals surface area contributed by atoms with Crippen molar-refractivity contribution >= 4 is 49.4 Å². The van der Waals surface area contributed by atoms with Crippen molar-refractivity contribution < 1.29 is 0 Å². The van der Waals surface area contributed by atoms with Gasteiger partial charge >= 0.3 is 0 Å². The van der Waals surface area contributed by atoms with Crippen LogP contribution in [0.25, 0.3) is 54.6 Å². The van der Waals surface area contributed by atoms with Crippen molar-refractivity contribution in [3.05, 3.63) is 235 Å². The molecular formula is C53H35N. The third-order valence-corrected chi connectivity index (χ3v) is 11.6. The van der Waals surface area contributed by atoms with Crippen LogP contribution in [-0.4, -0.2) is 0 Å². The molecule has 10 aromatic carbocycles. The Morgan fingerprint density at radius 1 is 0.278 bits per heavy atom. The Morgan fingerprint density at radius 2 is 0.648 bits per heavy atom. The number of anilines is 3. The van der Waals surface area contributed by atoms with Crippen molar-refractivity contribution in [2.45, 2.75) is 5.41 Å². The lowest BCUT2D eigenvalue weighted by Gasteiger charge is -2.38. The number of para-hydroxylation sites is 2. The molecule has 0 saturated carbocycles. The fourth-order valence-corrected chi connectivity index (χ4v) is 9.43. The molecule has 0 aromatic heterocycles. The standard InChI is InChI=1S/C53H35N/c1-4-16-40(17-5-1)53(49-26-14-12-24-47(49)45-22-10-11-23-46(45)48-25-13-15-27-50(48)53)41-32-36-28-30-38-34-44(35-39-31-29-37(33-41)51(36)52(38)39)54(42-18-6-2-7-19-42)43-20-8-3-9-21-43/h1-35H. The Balaban J connectivity index is 1.19. The van der Waals surface area contributed by atoms with Gasteiger partial charge in [-0.2, -0.15) is 0 Å². The number of hydrogen-bond donors (Lipinski definition) is 0. The maximum Gasteiger partial charge on any atom is 0.0713 e. The second-order valence-electron chi connectivity index (χ2n) is 14.5. The molecule has 54 heavy (non-hydrogen) atoms. The van der Waals surface area contributed by atoms with Crippen LogP contribution in [0.15, 0.2) is 212 Å². The molecule has 0 N–H and O–H groups in total. The highest BCUT2D eigenvalue weighted by molar-refractivity contribution is 6.24. The van der Waals surface area contributed by atoms with Gasteiger partial charge in [0.15, 0.2) is 0 Å². The average molecular weight is 686 g/mol. The first-order valence-electron chi connectivity index (χ1n) is 18.8. The van der Waals surface area contributed by atoms with Crippen molar-refractivity contribution in [2.24, 2.45) is 0 Å². The summed E-state index contributed by atoms with van der Waals surface area (Å²) in [6.45, 7) is 0. The number of rotatable bonds is 5. The first-order chi connectivity index (χ1) is 26.8. The van der Waals surface area contributed by atoms with Gasteiger partial charge in [-0.15, -0.1) is 0 Å². The molecule has 0 spiro atoms. The Kier molecular flexibility index (Phi) is 6.84. The van der Waals surface area contributed by atoms with Crippen molar-refractivity contribution in [1.82, 2.24) is 0 Å². The summed E-state index contributed by atoms with van der Waals surface area (Å²) in [6, 6.07) is 78.6. The number of hydrogen-bond acceptors (Lipinski definition) is 1. The minimum atomic E-state index is -0.572. The molecule has 1 aliphatic carbocycles. The quantitative estimate of drug-likeness (QED) is 0.163. The molecule has 1 nitrogen and oxygen atoms in total. The van der Waals surface area contributed by atoms with E-state index in [0.717, 1.165) is 17.1 Å². The number of benzene rings is 10. The van der Waals surface area contributed by atoms with E-state index in [0.29, 0.717) is 0 Å². The molecule has 0 amide bonds. The van der Waals surface area contributed by atoms with E-state index in [4.69, 9.17) is 0 Å². The summed E-state index contributed by atoms with van der Waals surface area (Å²) in [7, 11) is 0. The van der Waals surface area contributed by atoms with Gasteiger partial charge < -0.3 is 4.90 Å². The monoisotopic (exact) mass is 685 g/mol. The molecule has 0 heterocycles. The normalized spacial score (nSPS) is 13.0. The lowest BCUT2D eigenvalue weighted by Crippen LogP contribution is -2.31. The zero-order valence-electron chi connectivity index (χ0n) is 29.7. The largest absolute Gasteiger partial charge is 0.310 e. The van der Waals surface area contributed by atoms with Crippen LogP contribution in [0.3, 0.4) is 0 Å².